The number of halogens is 8. The molecular weight excluding hydrogens is 616 g/mol. The smallest absolute Gasteiger partial charge is 0.310 e. The lowest BCUT2D eigenvalue weighted by Crippen LogP contribution is -2.60. The number of hydrogen-bond acceptors (Lipinski definition) is 6. The Morgan fingerprint density at radius 2 is 1.74 bits per heavy atom. The zero-order valence-corrected chi connectivity index (χ0v) is 22.8. The molecule has 234 valence electrons. The lowest BCUT2D eigenvalue weighted by atomic mass is 9.91. The number of benzene rings is 1. The molecular formula is C25H24F8N6O3S. The van der Waals surface area contributed by atoms with Crippen molar-refractivity contribution in [3.05, 3.63) is 54.1 Å². The van der Waals surface area contributed by atoms with Gasteiger partial charge in [0.25, 0.3) is 5.91 Å². The molecule has 0 bridgehead atoms. The van der Waals surface area contributed by atoms with E-state index in [1.165, 1.54) is 0 Å². The number of carbonyl (C=O) groups is 3. The van der Waals surface area contributed by atoms with Gasteiger partial charge in [0.2, 0.25) is 17.7 Å². The van der Waals surface area contributed by atoms with Crippen LogP contribution in [-0.2, 0) is 14.4 Å². The number of carbonyl (C=O) groups excluding carboxylic acids is 3. The summed E-state index contributed by atoms with van der Waals surface area (Å²) in [7, 11) is -10.2. The summed E-state index contributed by atoms with van der Waals surface area (Å²) in [6, 6.07) is -2.48. The first-order valence-electron chi connectivity index (χ1n) is 12.7. The lowest BCUT2D eigenvalue weighted by Gasteiger charge is -2.41. The first kappa shape index (κ1) is 31.8. The highest BCUT2D eigenvalue weighted by Gasteiger charge is 2.65. The summed E-state index contributed by atoms with van der Waals surface area (Å²) in [6.07, 6.45) is 1.89. The van der Waals surface area contributed by atoms with Crippen LogP contribution in [0, 0.1) is 17.3 Å². The van der Waals surface area contributed by atoms with E-state index in [1.54, 1.807) is 6.19 Å². The summed E-state index contributed by atoms with van der Waals surface area (Å²) >= 11 is 0. The van der Waals surface area contributed by atoms with E-state index in [2.05, 4.69) is 15.6 Å². The van der Waals surface area contributed by atoms with Crippen LogP contribution in [0.2, 0.25) is 0 Å². The van der Waals surface area contributed by atoms with Gasteiger partial charge in [-0.05, 0) is 43.2 Å². The predicted octanol–water partition coefficient (Wildman–Crippen LogP) is 4.93. The first-order chi connectivity index (χ1) is 19.8. The number of hydrogen-bond donors (Lipinski definition) is 2. The van der Waals surface area contributed by atoms with Gasteiger partial charge in [-0.2, -0.15) is 5.26 Å². The molecule has 0 spiro atoms. The van der Waals surface area contributed by atoms with Gasteiger partial charge in [-0.3, -0.25) is 29.2 Å². The van der Waals surface area contributed by atoms with Crippen molar-refractivity contribution in [2.75, 3.05) is 18.0 Å². The van der Waals surface area contributed by atoms with Crippen molar-refractivity contribution in [2.24, 2.45) is 0 Å². The van der Waals surface area contributed by atoms with E-state index in [-0.39, 0.29) is 30.5 Å². The summed E-state index contributed by atoms with van der Waals surface area (Å²) in [5.41, 5.74) is -0.850. The minimum Gasteiger partial charge on any atom is -0.352 e. The molecule has 1 saturated heterocycles. The van der Waals surface area contributed by atoms with Crippen molar-refractivity contribution in [2.45, 2.75) is 54.6 Å². The van der Waals surface area contributed by atoms with Crippen molar-refractivity contribution < 1.29 is 47.0 Å². The number of alkyl halides is 2. The Morgan fingerprint density at radius 3 is 2.30 bits per heavy atom. The molecule has 2 heterocycles. The number of piperazine rings is 1. The highest BCUT2D eigenvalue weighted by Crippen LogP contribution is 3.02. The Kier molecular flexibility index (Phi) is 7.79. The van der Waals surface area contributed by atoms with Crippen LogP contribution < -0.4 is 15.5 Å². The Balaban J connectivity index is 1.83. The zero-order valence-electron chi connectivity index (χ0n) is 22.0. The quantitative estimate of drug-likeness (QED) is 0.328. The van der Waals surface area contributed by atoms with E-state index in [4.69, 9.17) is 0 Å². The van der Waals surface area contributed by atoms with Crippen LogP contribution in [0.25, 0.3) is 0 Å². The molecule has 1 aromatic carbocycles. The van der Waals surface area contributed by atoms with E-state index in [1.807, 2.05) is 0 Å². The summed E-state index contributed by atoms with van der Waals surface area (Å²) in [6.45, 7) is -1.09. The summed E-state index contributed by atoms with van der Waals surface area (Å²) in [5.74, 6) is -6.82. The van der Waals surface area contributed by atoms with Crippen molar-refractivity contribution in [3.63, 3.8) is 0 Å². The van der Waals surface area contributed by atoms with Gasteiger partial charge in [0.1, 0.15) is 29.3 Å². The zero-order chi connectivity index (χ0) is 31.9. The SMILES string of the molecule is N#CN1CC(=O)NCC1C(=O)N(c1ccc(S(F)(F)(F)(F)F)cc1)C(C(=O)NC1CCC(F)(F)CC1)c1cncc(F)c1. The van der Waals surface area contributed by atoms with Crippen LogP contribution in [-0.4, -0.2) is 58.7 Å². The summed E-state index contributed by atoms with van der Waals surface area (Å²) in [4.78, 5) is 42.2. The van der Waals surface area contributed by atoms with E-state index >= 15 is 0 Å². The fourth-order valence-electron chi connectivity index (χ4n) is 4.86. The average molecular weight is 641 g/mol. The third-order valence-corrected chi connectivity index (χ3v) is 8.17. The number of anilines is 1. The van der Waals surface area contributed by atoms with Gasteiger partial charge in [0, 0.05) is 42.9 Å². The van der Waals surface area contributed by atoms with Gasteiger partial charge in [0.15, 0.2) is 6.19 Å². The molecule has 2 atom stereocenters. The average Bonchev–Trinajstić information content (AvgIpc) is 2.91. The number of pyridine rings is 1. The highest BCUT2D eigenvalue weighted by atomic mass is 32.5. The Bertz CT molecular complexity index is 1460. The number of rotatable bonds is 7. The molecule has 1 saturated carbocycles. The van der Waals surface area contributed by atoms with Crippen LogP contribution in [0.3, 0.4) is 0 Å². The van der Waals surface area contributed by atoms with Crippen molar-refractivity contribution in [3.8, 4) is 6.19 Å². The van der Waals surface area contributed by atoms with Gasteiger partial charge in [-0.25, -0.2) is 13.2 Å². The molecule has 0 radical (unpaired) electrons. The third kappa shape index (κ3) is 7.45. The number of aromatic nitrogens is 1. The minimum atomic E-state index is -10.2. The molecule has 2 N–H and O–H groups in total. The third-order valence-electron chi connectivity index (χ3n) is 7.01. The second kappa shape index (κ2) is 10.5. The van der Waals surface area contributed by atoms with Gasteiger partial charge < -0.3 is 10.6 Å². The highest BCUT2D eigenvalue weighted by molar-refractivity contribution is 8.45. The van der Waals surface area contributed by atoms with E-state index < -0.39 is 94.3 Å². The fraction of sp³-hybridized carbons (Fsp3) is 0.400. The summed E-state index contributed by atoms with van der Waals surface area (Å²) in [5, 5.41) is 14.4. The molecule has 9 nitrogen and oxygen atoms in total. The van der Waals surface area contributed by atoms with Crippen LogP contribution >= 0.6 is 10.2 Å². The van der Waals surface area contributed by atoms with Gasteiger partial charge in [0.05, 0.1) is 6.20 Å². The second-order valence-electron chi connectivity index (χ2n) is 10.2. The van der Waals surface area contributed by atoms with E-state index in [0.29, 0.717) is 17.0 Å². The topological polar surface area (TPSA) is 118 Å². The number of nitriles is 1. The molecule has 1 aliphatic heterocycles. The standard InChI is InChI=1S/C25H24F8N6O3S/c26-16-9-15(10-35-11-16)22(23(41)37-17-5-7-25(27,28)8-6-17)39(24(42)20-12-36-21(40)13-38(20)14-34)18-1-3-19(4-2-18)43(29,30,31,32)33/h1-4,9-11,17,20,22H,5-8,12-13H2,(H,36,40)(H,37,41). The molecule has 4 rings (SSSR count). The number of amides is 3. The Labute approximate surface area is 239 Å². The van der Waals surface area contributed by atoms with Crippen molar-refractivity contribution in [1.82, 2.24) is 20.5 Å². The molecule has 2 aliphatic rings. The monoisotopic (exact) mass is 640 g/mol. The minimum absolute atomic E-state index is 0.00386. The van der Waals surface area contributed by atoms with Gasteiger partial charge in [-0.1, -0.05) is 19.4 Å². The molecule has 3 amide bonds. The van der Waals surface area contributed by atoms with Crippen LogP contribution in [0.5, 0.6) is 0 Å². The largest absolute Gasteiger partial charge is 0.352 e. The van der Waals surface area contributed by atoms with E-state index in [0.717, 1.165) is 23.4 Å². The fourth-order valence-corrected chi connectivity index (χ4v) is 5.51. The molecule has 43 heavy (non-hydrogen) atoms. The van der Waals surface area contributed by atoms with Crippen LogP contribution in [0.1, 0.15) is 37.3 Å². The maximum Gasteiger partial charge on any atom is 0.310 e. The number of nitrogens with zero attached hydrogens (tertiary/aromatic N) is 4. The van der Waals surface area contributed by atoms with Crippen LogP contribution in [0.15, 0.2) is 47.6 Å². The molecule has 2 fully saturated rings. The van der Waals surface area contributed by atoms with Gasteiger partial charge >= 0.3 is 10.2 Å². The summed E-state index contributed by atoms with van der Waals surface area (Å²) < 4.78 is 109. The van der Waals surface area contributed by atoms with Crippen molar-refractivity contribution in [1.29, 1.82) is 5.26 Å². The van der Waals surface area contributed by atoms with Crippen molar-refractivity contribution >= 4 is 33.6 Å². The lowest BCUT2D eigenvalue weighted by molar-refractivity contribution is -0.132. The Morgan fingerprint density at radius 1 is 1.12 bits per heavy atom. The Hall–Kier alpha value is -4.14. The molecule has 1 aliphatic carbocycles. The van der Waals surface area contributed by atoms with Crippen LogP contribution in [0.4, 0.5) is 38.3 Å². The van der Waals surface area contributed by atoms with E-state index in [9.17, 15) is 52.2 Å². The van der Waals surface area contributed by atoms with Gasteiger partial charge in [-0.15, -0.1) is 0 Å². The predicted molar refractivity (Wildman–Crippen MR) is 137 cm³/mol. The first-order valence-corrected chi connectivity index (χ1v) is 14.6. The maximum atomic E-state index is 14.3. The molecule has 2 unspecified atom stereocenters. The molecule has 1 aromatic heterocycles. The normalized spacial score (nSPS) is 21.4. The molecule has 18 heteroatoms. The maximum absolute atomic E-state index is 14.3. The second-order valence-corrected chi connectivity index (χ2v) is 12.6. The number of nitrogens with one attached hydrogen (secondary N) is 2. The molecule has 2 aromatic rings.